The molecular weight excluding hydrogens is 200 g/mol. The zero-order valence-electron chi connectivity index (χ0n) is 8.36. The number of hydrogen-bond donors (Lipinski definition) is 0. The van der Waals surface area contributed by atoms with Crippen molar-refractivity contribution < 1.29 is 0 Å². The summed E-state index contributed by atoms with van der Waals surface area (Å²) in [7, 11) is 0. The molecule has 1 aromatic rings. The first-order chi connectivity index (χ1) is 6.77. The van der Waals surface area contributed by atoms with Crippen LogP contribution in [-0.4, -0.2) is 20.2 Å². The molecule has 4 nitrogen and oxygen atoms in total. The summed E-state index contributed by atoms with van der Waals surface area (Å²) in [6.07, 6.45) is 5.29. The van der Waals surface area contributed by atoms with Crippen LogP contribution in [0.4, 0.5) is 0 Å². The average Bonchev–Trinajstić information content (AvgIpc) is 2.75. The lowest BCUT2D eigenvalue weighted by Crippen LogP contribution is -2.12. The Morgan fingerprint density at radius 3 is 2.86 bits per heavy atom. The molecule has 0 bridgehead atoms. The molecule has 0 saturated heterocycles. The molecule has 1 saturated carbocycles. The molecule has 0 spiro atoms. The van der Waals surface area contributed by atoms with E-state index < -0.39 is 0 Å². The quantitative estimate of drug-likeness (QED) is 0.725. The van der Waals surface area contributed by atoms with Crippen LogP contribution in [0.15, 0.2) is 0 Å². The normalized spacial score (nSPS) is 20.1. The lowest BCUT2D eigenvalue weighted by molar-refractivity contribution is 0.411. The summed E-state index contributed by atoms with van der Waals surface area (Å²) < 4.78 is 1.85. The molecule has 1 atom stereocenters. The van der Waals surface area contributed by atoms with Crippen LogP contribution in [0.3, 0.4) is 0 Å². The van der Waals surface area contributed by atoms with Crippen molar-refractivity contribution in [2.45, 2.75) is 44.5 Å². The van der Waals surface area contributed by atoms with Gasteiger partial charge in [-0.05, 0) is 36.1 Å². The van der Waals surface area contributed by atoms with Gasteiger partial charge in [0, 0.05) is 6.54 Å². The third-order valence-corrected chi connectivity index (χ3v) is 3.02. The van der Waals surface area contributed by atoms with Gasteiger partial charge in [0.15, 0.2) is 5.82 Å². The number of aromatic nitrogens is 4. The zero-order chi connectivity index (χ0) is 9.97. The number of halogens is 1. The maximum absolute atomic E-state index is 5.97. The molecule has 1 fully saturated rings. The van der Waals surface area contributed by atoms with Crippen LogP contribution in [0.1, 0.15) is 43.8 Å². The fraction of sp³-hybridized carbons (Fsp3) is 0.889. The molecule has 78 valence electrons. The lowest BCUT2D eigenvalue weighted by atomic mass is 10.1. The molecule has 1 aliphatic carbocycles. The highest BCUT2D eigenvalue weighted by Crippen LogP contribution is 2.27. The second-order valence-corrected chi connectivity index (χ2v) is 4.64. The number of hydrogen-bond acceptors (Lipinski definition) is 3. The zero-order valence-corrected chi connectivity index (χ0v) is 9.11. The standard InChI is InChI=1S/C9H15ClN4/c1-7(10)9-11-12-13-14(9)6-8-4-2-3-5-8/h7-8H,2-6H2,1H3. The lowest BCUT2D eigenvalue weighted by Gasteiger charge is -2.10. The van der Waals surface area contributed by atoms with E-state index >= 15 is 0 Å². The summed E-state index contributed by atoms with van der Waals surface area (Å²) in [5.41, 5.74) is 0. The van der Waals surface area contributed by atoms with Crippen LogP contribution >= 0.6 is 11.6 Å². The summed E-state index contributed by atoms with van der Waals surface area (Å²) in [6.45, 7) is 2.83. The van der Waals surface area contributed by atoms with E-state index in [9.17, 15) is 0 Å². The van der Waals surface area contributed by atoms with Crippen molar-refractivity contribution in [3.63, 3.8) is 0 Å². The molecule has 0 N–H and O–H groups in total. The van der Waals surface area contributed by atoms with Crippen LogP contribution in [0.5, 0.6) is 0 Å². The van der Waals surface area contributed by atoms with Crippen LogP contribution in [0.2, 0.25) is 0 Å². The van der Waals surface area contributed by atoms with Crippen molar-refractivity contribution in [2.24, 2.45) is 5.92 Å². The minimum atomic E-state index is -0.105. The molecule has 5 heteroatoms. The summed E-state index contributed by atoms with van der Waals surface area (Å²) in [6, 6.07) is 0. The van der Waals surface area contributed by atoms with E-state index in [4.69, 9.17) is 11.6 Å². The predicted octanol–water partition coefficient (Wildman–Crippen LogP) is 2.16. The Bertz CT molecular complexity index is 291. The fourth-order valence-electron chi connectivity index (χ4n) is 2.06. The Morgan fingerprint density at radius 2 is 2.21 bits per heavy atom. The van der Waals surface area contributed by atoms with Crippen molar-refractivity contribution >= 4 is 11.6 Å². The molecule has 1 aromatic heterocycles. The summed E-state index contributed by atoms with van der Waals surface area (Å²) in [5.74, 6) is 1.53. The van der Waals surface area contributed by atoms with E-state index in [-0.39, 0.29) is 5.38 Å². The number of rotatable bonds is 3. The molecular formula is C9H15ClN4. The van der Waals surface area contributed by atoms with Gasteiger partial charge in [-0.25, -0.2) is 4.68 Å². The van der Waals surface area contributed by atoms with Crippen LogP contribution in [0, 0.1) is 5.92 Å². The summed E-state index contributed by atoms with van der Waals surface area (Å²) in [5, 5.41) is 11.5. The average molecular weight is 215 g/mol. The van der Waals surface area contributed by atoms with Gasteiger partial charge in [-0.15, -0.1) is 16.7 Å². The molecule has 1 heterocycles. The van der Waals surface area contributed by atoms with Gasteiger partial charge >= 0.3 is 0 Å². The fourth-order valence-corrected chi connectivity index (χ4v) is 2.22. The SMILES string of the molecule is CC(Cl)c1nnnn1CC1CCCC1. The Balaban J connectivity index is 2.04. The van der Waals surface area contributed by atoms with Gasteiger partial charge in [0.1, 0.15) is 0 Å². The molecule has 2 rings (SSSR count). The van der Waals surface area contributed by atoms with Gasteiger partial charge in [-0.3, -0.25) is 0 Å². The third kappa shape index (κ3) is 2.05. The molecule has 0 aliphatic heterocycles. The number of nitrogens with zero attached hydrogens (tertiary/aromatic N) is 4. The highest BCUT2D eigenvalue weighted by Gasteiger charge is 2.19. The van der Waals surface area contributed by atoms with Crippen LogP contribution < -0.4 is 0 Å². The maximum Gasteiger partial charge on any atom is 0.168 e. The van der Waals surface area contributed by atoms with E-state index in [1.807, 2.05) is 11.6 Å². The van der Waals surface area contributed by atoms with E-state index in [0.29, 0.717) is 0 Å². The van der Waals surface area contributed by atoms with Crippen molar-refractivity contribution in [2.75, 3.05) is 0 Å². The van der Waals surface area contributed by atoms with Gasteiger partial charge in [-0.1, -0.05) is 12.8 Å². The minimum absolute atomic E-state index is 0.105. The van der Waals surface area contributed by atoms with Crippen molar-refractivity contribution in [1.82, 2.24) is 20.2 Å². The Morgan fingerprint density at radius 1 is 1.50 bits per heavy atom. The minimum Gasteiger partial charge on any atom is -0.228 e. The van der Waals surface area contributed by atoms with E-state index in [2.05, 4.69) is 15.5 Å². The molecule has 1 unspecified atom stereocenters. The summed E-state index contributed by atoms with van der Waals surface area (Å²) >= 11 is 5.97. The van der Waals surface area contributed by atoms with Gasteiger partial charge in [0.2, 0.25) is 0 Å². The second-order valence-electron chi connectivity index (χ2n) is 3.99. The molecule has 0 aromatic carbocycles. The van der Waals surface area contributed by atoms with Gasteiger partial charge in [0.05, 0.1) is 5.38 Å². The number of alkyl halides is 1. The molecule has 0 amide bonds. The first-order valence-corrected chi connectivity index (χ1v) is 5.61. The first-order valence-electron chi connectivity index (χ1n) is 5.17. The van der Waals surface area contributed by atoms with Gasteiger partial charge in [-0.2, -0.15) is 0 Å². The van der Waals surface area contributed by atoms with Crippen molar-refractivity contribution in [1.29, 1.82) is 0 Å². The third-order valence-electron chi connectivity index (χ3n) is 2.82. The monoisotopic (exact) mass is 214 g/mol. The highest BCUT2D eigenvalue weighted by molar-refractivity contribution is 6.20. The number of tetrazole rings is 1. The van der Waals surface area contributed by atoms with Gasteiger partial charge in [0.25, 0.3) is 0 Å². The second kappa shape index (κ2) is 4.26. The van der Waals surface area contributed by atoms with Crippen LogP contribution in [0.25, 0.3) is 0 Å². The van der Waals surface area contributed by atoms with E-state index in [1.165, 1.54) is 25.7 Å². The largest absolute Gasteiger partial charge is 0.228 e. The van der Waals surface area contributed by atoms with Crippen LogP contribution in [-0.2, 0) is 6.54 Å². The Kier molecular flexibility index (Phi) is 3.01. The van der Waals surface area contributed by atoms with Gasteiger partial charge < -0.3 is 0 Å². The molecule has 1 aliphatic rings. The highest BCUT2D eigenvalue weighted by atomic mass is 35.5. The predicted molar refractivity (Wildman–Crippen MR) is 54.0 cm³/mol. The maximum atomic E-state index is 5.97. The Labute approximate surface area is 88.6 Å². The Hall–Kier alpha value is -0.640. The smallest absolute Gasteiger partial charge is 0.168 e. The molecule has 14 heavy (non-hydrogen) atoms. The van der Waals surface area contributed by atoms with E-state index in [0.717, 1.165) is 18.3 Å². The van der Waals surface area contributed by atoms with E-state index in [1.54, 1.807) is 0 Å². The van der Waals surface area contributed by atoms with Crippen molar-refractivity contribution in [3.05, 3.63) is 5.82 Å². The summed E-state index contributed by atoms with van der Waals surface area (Å²) in [4.78, 5) is 0. The van der Waals surface area contributed by atoms with Crippen molar-refractivity contribution in [3.8, 4) is 0 Å². The first kappa shape index (κ1) is 9.90. The molecule has 0 radical (unpaired) electrons. The topological polar surface area (TPSA) is 43.6 Å².